The van der Waals surface area contributed by atoms with E-state index < -0.39 is 23.2 Å². The molecule has 0 radical (unpaired) electrons. The highest BCUT2D eigenvalue weighted by Gasteiger charge is 2.72. The van der Waals surface area contributed by atoms with Gasteiger partial charge in [0.1, 0.15) is 6.10 Å². The van der Waals surface area contributed by atoms with E-state index in [1.54, 1.807) is 7.11 Å². The number of nitrogens with zero attached hydrogens (tertiary/aromatic N) is 1. The van der Waals surface area contributed by atoms with Crippen LogP contribution in [0.2, 0.25) is 0 Å². The highest BCUT2D eigenvalue weighted by molar-refractivity contribution is 5.63. The van der Waals surface area contributed by atoms with Gasteiger partial charge < -0.3 is 29.2 Å². The van der Waals surface area contributed by atoms with E-state index in [2.05, 4.69) is 11.0 Å². The Bertz CT molecular complexity index is 874. The number of ether oxygens (including phenoxy) is 4. The summed E-state index contributed by atoms with van der Waals surface area (Å²) in [6.45, 7) is 3.11. The summed E-state index contributed by atoms with van der Waals surface area (Å²) in [4.78, 5) is 2.55. The van der Waals surface area contributed by atoms with Crippen LogP contribution >= 0.6 is 0 Å². The molecule has 3 aliphatic carbocycles. The Morgan fingerprint density at radius 1 is 1.19 bits per heavy atom. The van der Waals surface area contributed by atoms with Crippen LogP contribution in [0.5, 0.6) is 11.5 Å². The van der Waals surface area contributed by atoms with Crippen molar-refractivity contribution in [2.75, 3.05) is 40.2 Å². The summed E-state index contributed by atoms with van der Waals surface area (Å²) in [5.41, 5.74) is 0.866. The average molecular weight is 446 g/mol. The summed E-state index contributed by atoms with van der Waals surface area (Å²) >= 11 is 0. The lowest BCUT2D eigenvalue weighted by Crippen LogP contribution is -2.77. The molecule has 2 aliphatic heterocycles. The number of piperidine rings is 1. The maximum absolute atomic E-state index is 12.4. The van der Waals surface area contributed by atoms with Crippen LogP contribution in [0.25, 0.3) is 0 Å². The van der Waals surface area contributed by atoms with Crippen molar-refractivity contribution in [1.82, 2.24) is 4.90 Å². The van der Waals surface area contributed by atoms with E-state index in [-0.39, 0.29) is 12.8 Å². The van der Waals surface area contributed by atoms with Crippen molar-refractivity contribution in [2.24, 2.45) is 5.92 Å². The lowest BCUT2D eigenvalue weighted by Gasteiger charge is -2.64. The summed E-state index contributed by atoms with van der Waals surface area (Å²) in [7, 11) is 1.64. The zero-order chi connectivity index (χ0) is 21.9. The number of aliphatic hydroxyl groups is 2. The molecule has 1 aromatic rings. The van der Waals surface area contributed by atoms with Crippen molar-refractivity contribution in [2.45, 2.75) is 74.2 Å². The Labute approximate surface area is 189 Å². The minimum atomic E-state index is -0.884. The molecule has 0 aromatic heterocycles. The van der Waals surface area contributed by atoms with Crippen LogP contribution in [0.1, 0.15) is 49.7 Å². The second kappa shape index (κ2) is 7.84. The first-order chi connectivity index (χ1) is 15.6. The Hall–Kier alpha value is -1.38. The van der Waals surface area contributed by atoms with Crippen LogP contribution in [0.4, 0.5) is 0 Å². The van der Waals surface area contributed by atoms with E-state index in [4.69, 9.17) is 18.9 Å². The summed E-state index contributed by atoms with van der Waals surface area (Å²) in [6, 6.07) is 4.18. The van der Waals surface area contributed by atoms with Crippen LogP contribution in [-0.2, 0) is 21.3 Å². The average Bonchev–Trinajstić information content (AvgIpc) is 3.11. The molecular formula is C25H35NO6. The largest absolute Gasteiger partial charge is 0.482 e. The molecule has 2 N–H and O–H groups in total. The van der Waals surface area contributed by atoms with Gasteiger partial charge in [-0.2, -0.15) is 0 Å². The Morgan fingerprint density at radius 3 is 2.84 bits per heavy atom. The summed E-state index contributed by atoms with van der Waals surface area (Å²) in [5, 5.41) is 23.4. The first-order valence-corrected chi connectivity index (χ1v) is 12.3. The number of rotatable bonds is 8. The molecule has 7 nitrogen and oxygen atoms in total. The molecule has 32 heavy (non-hydrogen) atoms. The van der Waals surface area contributed by atoms with Gasteiger partial charge in [0, 0.05) is 25.3 Å². The second-order valence-corrected chi connectivity index (χ2v) is 10.4. The quantitative estimate of drug-likeness (QED) is 0.468. The topological polar surface area (TPSA) is 80.6 Å². The zero-order valence-corrected chi connectivity index (χ0v) is 18.9. The fraction of sp³-hybridized carbons (Fsp3) is 0.760. The van der Waals surface area contributed by atoms with Gasteiger partial charge in [0.2, 0.25) is 0 Å². The molecule has 176 valence electrons. The van der Waals surface area contributed by atoms with Gasteiger partial charge in [0.05, 0.1) is 30.3 Å². The predicted molar refractivity (Wildman–Crippen MR) is 117 cm³/mol. The number of benzene rings is 1. The monoisotopic (exact) mass is 445 g/mol. The minimum Gasteiger partial charge on any atom is -0.482 e. The molecule has 1 spiro atoms. The van der Waals surface area contributed by atoms with Gasteiger partial charge in [-0.1, -0.05) is 12.5 Å². The summed E-state index contributed by atoms with van der Waals surface area (Å²) in [5.74, 6) is 2.10. The first kappa shape index (κ1) is 21.2. The third kappa shape index (κ3) is 2.84. The summed E-state index contributed by atoms with van der Waals surface area (Å²) < 4.78 is 22.9. The molecule has 2 bridgehead atoms. The van der Waals surface area contributed by atoms with Crippen LogP contribution in [0.3, 0.4) is 0 Å². The Balaban J connectivity index is 1.36. The van der Waals surface area contributed by atoms with Crippen LogP contribution in [-0.4, -0.2) is 79.2 Å². The second-order valence-electron chi connectivity index (χ2n) is 10.4. The van der Waals surface area contributed by atoms with Gasteiger partial charge in [-0.15, -0.1) is 0 Å². The van der Waals surface area contributed by atoms with E-state index in [1.165, 1.54) is 24.8 Å². The molecule has 2 saturated carbocycles. The fourth-order valence-corrected chi connectivity index (χ4v) is 7.24. The molecular weight excluding hydrogens is 410 g/mol. The Kier molecular flexibility index (Phi) is 5.19. The van der Waals surface area contributed by atoms with Crippen LogP contribution < -0.4 is 9.47 Å². The molecule has 0 amide bonds. The number of methoxy groups -OCH3 is 1. The van der Waals surface area contributed by atoms with Crippen LogP contribution in [0.15, 0.2) is 12.1 Å². The van der Waals surface area contributed by atoms with E-state index in [0.29, 0.717) is 37.6 Å². The predicted octanol–water partition coefficient (Wildman–Crippen LogP) is 2.00. The fourth-order valence-electron chi connectivity index (χ4n) is 7.24. The van der Waals surface area contributed by atoms with Gasteiger partial charge in [-0.3, -0.25) is 4.90 Å². The van der Waals surface area contributed by atoms with Gasteiger partial charge in [-0.25, -0.2) is 0 Å². The lowest BCUT2D eigenvalue weighted by molar-refractivity contribution is -0.209. The molecule has 1 unspecified atom stereocenters. The number of aliphatic hydroxyl groups excluding tert-OH is 1. The SMILES string of the molecule is COCCOCOc1ccc2c3c1OC1[C@@H](O)CC[C@@]4(O)[C@@H](C2)N(CC2CCC2)CC[C@]314. The molecule has 5 aliphatic rings. The molecule has 5 atom stereocenters. The van der Waals surface area contributed by atoms with Crippen LogP contribution in [0, 0.1) is 5.92 Å². The molecule has 3 fully saturated rings. The number of hydrogen-bond acceptors (Lipinski definition) is 7. The number of hydrogen-bond donors (Lipinski definition) is 2. The molecule has 6 rings (SSSR count). The van der Waals surface area contributed by atoms with Crippen molar-refractivity contribution < 1.29 is 29.2 Å². The van der Waals surface area contributed by atoms with E-state index in [1.807, 2.05) is 6.07 Å². The van der Waals surface area contributed by atoms with E-state index in [9.17, 15) is 10.2 Å². The van der Waals surface area contributed by atoms with Crippen molar-refractivity contribution in [3.05, 3.63) is 23.3 Å². The number of likely N-dealkylation sites (tertiary alicyclic amines) is 1. The van der Waals surface area contributed by atoms with Gasteiger partial charge in [-0.05, 0) is 62.6 Å². The van der Waals surface area contributed by atoms with Crippen molar-refractivity contribution in [1.29, 1.82) is 0 Å². The standard InChI is InChI=1S/C25H35NO6/c1-29-11-12-30-15-31-19-6-5-17-13-20-25(28)8-7-18(27)23-24(25,21(17)22(19)32-23)9-10-26(20)14-16-3-2-4-16/h5-6,16,18,20,23,27-28H,2-4,7-15H2,1H3/t18-,20+,23?,24-,25+/m0/s1. The first-order valence-electron chi connectivity index (χ1n) is 12.3. The third-order valence-corrected chi connectivity index (χ3v) is 8.97. The minimum absolute atomic E-state index is 0.0815. The molecule has 1 aromatic carbocycles. The smallest absolute Gasteiger partial charge is 0.189 e. The van der Waals surface area contributed by atoms with E-state index in [0.717, 1.165) is 37.4 Å². The maximum Gasteiger partial charge on any atom is 0.189 e. The highest BCUT2D eigenvalue weighted by Crippen LogP contribution is 2.65. The maximum atomic E-state index is 12.4. The Morgan fingerprint density at radius 2 is 2.06 bits per heavy atom. The van der Waals surface area contributed by atoms with Gasteiger partial charge in [0.15, 0.2) is 18.3 Å². The highest BCUT2D eigenvalue weighted by atomic mass is 16.7. The summed E-state index contributed by atoms with van der Waals surface area (Å²) in [6.07, 6.45) is 5.76. The molecule has 2 heterocycles. The normalized spacial score (nSPS) is 37.5. The van der Waals surface area contributed by atoms with Crippen molar-refractivity contribution in [3.8, 4) is 11.5 Å². The molecule has 1 saturated heterocycles. The van der Waals surface area contributed by atoms with Gasteiger partial charge in [0.25, 0.3) is 0 Å². The van der Waals surface area contributed by atoms with Crippen molar-refractivity contribution >= 4 is 0 Å². The molecule has 7 heteroatoms. The third-order valence-electron chi connectivity index (χ3n) is 8.97. The van der Waals surface area contributed by atoms with Crippen molar-refractivity contribution in [3.63, 3.8) is 0 Å². The zero-order valence-electron chi connectivity index (χ0n) is 18.9. The van der Waals surface area contributed by atoms with E-state index >= 15 is 0 Å². The van der Waals surface area contributed by atoms with Gasteiger partial charge >= 0.3 is 0 Å². The lowest BCUT2D eigenvalue weighted by atomic mass is 9.48.